The van der Waals surface area contributed by atoms with E-state index in [0.29, 0.717) is 13.0 Å². The number of hydrogen-bond acceptors (Lipinski definition) is 3. The Morgan fingerprint density at radius 3 is 3.00 bits per heavy atom. The number of carbonyl (C=O) groups excluding carboxylic acids is 2. The third kappa shape index (κ3) is 1.69. The molecule has 0 radical (unpaired) electrons. The van der Waals surface area contributed by atoms with Gasteiger partial charge in [-0.3, -0.25) is 9.59 Å². The number of esters is 1. The molecule has 1 fully saturated rings. The first kappa shape index (κ1) is 8.04. The van der Waals surface area contributed by atoms with Crippen LogP contribution in [0.5, 0.6) is 0 Å². The van der Waals surface area contributed by atoms with Crippen LogP contribution < -0.4 is 5.32 Å². The Bertz CT molecular complexity index is 171. The molecule has 4 heteroatoms. The maximum atomic E-state index is 11.0. The molecule has 0 aromatic rings. The molecule has 0 spiro atoms. The molecule has 1 amide bonds. The molecule has 62 valence electrons. The van der Waals surface area contributed by atoms with Crippen LogP contribution in [0, 0.1) is 5.92 Å². The highest BCUT2D eigenvalue weighted by atomic mass is 16.5. The highest BCUT2D eigenvalue weighted by Crippen LogP contribution is 2.12. The van der Waals surface area contributed by atoms with Gasteiger partial charge in [0.2, 0.25) is 5.91 Å². The van der Waals surface area contributed by atoms with E-state index in [1.807, 2.05) is 0 Å². The number of methoxy groups -OCH3 is 1. The van der Waals surface area contributed by atoms with Gasteiger partial charge in [0, 0.05) is 6.54 Å². The van der Waals surface area contributed by atoms with Gasteiger partial charge in [-0.05, 0) is 12.8 Å². The molecular weight excluding hydrogens is 146 g/mol. The van der Waals surface area contributed by atoms with Crippen LogP contribution in [0.25, 0.3) is 0 Å². The summed E-state index contributed by atoms with van der Waals surface area (Å²) in [4.78, 5) is 21.9. The van der Waals surface area contributed by atoms with Gasteiger partial charge in [0.05, 0.1) is 7.11 Å². The summed E-state index contributed by atoms with van der Waals surface area (Å²) in [6, 6.07) is 0. The summed E-state index contributed by atoms with van der Waals surface area (Å²) < 4.78 is 4.46. The Morgan fingerprint density at radius 2 is 2.45 bits per heavy atom. The van der Waals surface area contributed by atoms with Crippen LogP contribution in [0.15, 0.2) is 0 Å². The van der Waals surface area contributed by atoms with Gasteiger partial charge in [-0.1, -0.05) is 0 Å². The molecule has 1 heterocycles. The lowest BCUT2D eigenvalue weighted by Crippen LogP contribution is -2.40. The van der Waals surface area contributed by atoms with Crippen molar-refractivity contribution in [3.8, 4) is 0 Å². The third-order valence-corrected chi connectivity index (χ3v) is 1.77. The minimum Gasteiger partial charge on any atom is -0.468 e. The summed E-state index contributed by atoms with van der Waals surface area (Å²) in [5.41, 5.74) is 0. The van der Waals surface area contributed by atoms with Gasteiger partial charge < -0.3 is 10.1 Å². The monoisotopic (exact) mass is 157 g/mol. The minimum absolute atomic E-state index is 0.205. The minimum atomic E-state index is -0.575. The van der Waals surface area contributed by atoms with Crippen LogP contribution in [0.3, 0.4) is 0 Å². The number of amides is 1. The Balaban J connectivity index is 2.54. The highest BCUT2D eigenvalue weighted by molar-refractivity contribution is 5.98. The zero-order valence-electron chi connectivity index (χ0n) is 6.42. The van der Waals surface area contributed by atoms with Gasteiger partial charge in [0.25, 0.3) is 0 Å². The Labute approximate surface area is 64.9 Å². The number of carbonyl (C=O) groups is 2. The Kier molecular flexibility index (Phi) is 2.46. The van der Waals surface area contributed by atoms with Crippen molar-refractivity contribution in [1.82, 2.24) is 5.32 Å². The number of piperidine rings is 1. The quantitative estimate of drug-likeness (QED) is 0.419. The van der Waals surface area contributed by atoms with Crippen LogP contribution in [0.4, 0.5) is 0 Å². The van der Waals surface area contributed by atoms with Gasteiger partial charge in [-0.25, -0.2) is 0 Å². The summed E-state index contributed by atoms with van der Waals surface area (Å²) >= 11 is 0. The predicted octanol–water partition coefficient (Wildman–Crippen LogP) is -0.314. The number of ether oxygens (including phenoxy) is 1. The summed E-state index contributed by atoms with van der Waals surface area (Å²) in [5, 5.41) is 2.61. The summed E-state index contributed by atoms with van der Waals surface area (Å²) in [6.45, 7) is 0.673. The van der Waals surface area contributed by atoms with Crippen LogP contribution in [0.1, 0.15) is 12.8 Å². The molecule has 1 atom stereocenters. The van der Waals surface area contributed by atoms with E-state index < -0.39 is 11.9 Å². The van der Waals surface area contributed by atoms with E-state index in [9.17, 15) is 9.59 Å². The van der Waals surface area contributed by atoms with Gasteiger partial charge in [0.15, 0.2) is 0 Å². The smallest absolute Gasteiger partial charge is 0.318 e. The molecule has 0 aliphatic carbocycles. The summed E-state index contributed by atoms with van der Waals surface area (Å²) in [6.07, 6.45) is 1.46. The number of nitrogens with one attached hydrogen (secondary N) is 1. The largest absolute Gasteiger partial charge is 0.468 e. The molecule has 1 aliphatic heterocycles. The lowest BCUT2D eigenvalue weighted by Gasteiger charge is -2.19. The second-order valence-electron chi connectivity index (χ2n) is 2.51. The van der Waals surface area contributed by atoms with E-state index in [4.69, 9.17) is 0 Å². The maximum Gasteiger partial charge on any atom is 0.318 e. The summed E-state index contributed by atoms with van der Waals surface area (Å²) in [7, 11) is 1.30. The average Bonchev–Trinajstić information content (AvgIpc) is 2.04. The topological polar surface area (TPSA) is 55.4 Å². The standard InChI is InChI=1S/C7H11NO3/c1-11-7(10)5-3-2-4-8-6(5)9/h5H,2-4H2,1H3,(H,8,9). The van der Waals surface area contributed by atoms with Crippen LogP contribution in [0.2, 0.25) is 0 Å². The first-order valence-corrected chi connectivity index (χ1v) is 3.61. The van der Waals surface area contributed by atoms with Crippen molar-refractivity contribution in [3.05, 3.63) is 0 Å². The molecule has 1 unspecified atom stereocenters. The fourth-order valence-corrected chi connectivity index (χ4v) is 1.14. The molecule has 11 heavy (non-hydrogen) atoms. The molecule has 1 N–H and O–H groups in total. The maximum absolute atomic E-state index is 11.0. The van der Waals surface area contributed by atoms with E-state index in [0.717, 1.165) is 6.42 Å². The number of hydrogen-bond donors (Lipinski definition) is 1. The van der Waals surface area contributed by atoms with Crippen molar-refractivity contribution in [1.29, 1.82) is 0 Å². The zero-order chi connectivity index (χ0) is 8.27. The van der Waals surface area contributed by atoms with E-state index >= 15 is 0 Å². The average molecular weight is 157 g/mol. The van der Waals surface area contributed by atoms with Crippen LogP contribution in [-0.4, -0.2) is 25.5 Å². The van der Waals surface area contributed by atoms with Gasteiger partial charge in [-0.2, -0.15) is 0 Å². The second kappa shape index (κ2) is 3.37. The normalized spacial score (nSPS) is 24.1. The molecule has 0 saturated carbocycles. The van der Waals surface area contributed by atoms with E-state index in [-0.39, 0.29) is 5.91 Å². The van der Waals surface area contributed by atoms with Crippen molar-refractivity contribution in [2.24, 2.45) is 5.92 Å². The van der Waals surface area contributed by atoms with Crippen molar-refractivity contribution >= 4 is 11.9 Å². The Morgan fingerprint density at radius 1 is 1.73 bits per heavy atom. The van der Waals surface area contributed by atoms with Gasteiger partial charge in [-0.15, -0.1) is 0 Å². The molecule has 0 bridgehead atoms. The van der Waals surface area contributed by atoms with Crippen molar-refractivity contribution in [3.63, 3.8) is 0 Å². The third-order valence-electron chi connectivity index (χ3n) is 1.77. The molecule has 1 rings (SSSR count). The molecule has 0 aromatic carbocycles. The molecule has 1 saturated heterocycles. The zero-order valence-corrected chi connectivity index (χ0v) is 6.42. The van der Waals surface area contributed by atoms with Crippen molar-refractivity contribution in [2.45, 2.75) is 12.8 Å². The molecule has 1 aliphatic rings. The van der Waals surface area contributed by atoms with Crippen molar-refractivity contribution in [2.75, 3.05) is 13.7 Å². The van der Waals surface area contributed by atoms with Crippen LogP contribution in [-0.2, 0) is 14.3 Å². The number of rotatable bonds is 1. The molecular formula is C7H11NO3. The van der Waals surface area contributed by atoms with Crippen LogP contribution >= 0.6 is 0 Å². The molecule has 0 aromatic heterocycles. The van der Waals surface area contributed by atoms with Crippen molar-refractivity contribution < 1.29 is 14.3 Å². The fraction of sp³-hybridized carbons (Fsp3) is 0.714. The Hall–Kier alpha value is -1.06. The fourth-order valence-electron chi connectivity index (χ4n) is 1.14. The SMILES string of the molecule is COC(=O)C1CCCNC1=O. The van der Waals surface area contributed by atoms with E-state index in [2.05, 4.69) is 10.1 Å². The van der Waals surface area contributed by atoms with Gasteiger partial charge in [0.1, 0.15) is 5.92 Å². The highest BCUT2D eigenvalue weighted by Gasteiger charge is 2.29. The lowest BCUT2D eigenvalue weighted by atomic mass is 9.99. The van der Waals surface area contributed by atoms with E-state index in [1.54, 1.807) is 0 Å². The van der Waals surface area contributed by atoms with E-state index in [1.165, 1.54) is 7.11 Å². The lowest BCUT2D eigenvalue weighted by molar-refractivity contribution is -0.151. The molecule has 4 nitrogen and oxygen atoms in total. The second-order valence-corrected chi connectivity index (χ2v) is 2.51. The van der Waals surface area contributed by atoms with Gasteiger partial charge >= 0.3 is 5.97 Å². The first-order chi connectivity index (χ1) is 5.25. The predicted molar refractivity (Wildman–Crippen MR) is 37.7 cm³/mol. The summed E-state index contributed by atoms with van der Waals surface area (Å²) in [5.74, 6) is -1.21. The first-order valence-electron chi connectivity index (χ1n) is 3.61.